The van der Waals surface area contributed by atoms with Crippen molar-refractivity contribution in [3.05, 3.63) is 24.3 Å². The average molecular weight is 397 g/mol. The second kappa shape index (κ2) is 8.81. The first kappa shape index (κ1) is 21.3. The molecule has 1 amide bonds. The normalized spacial score (nSPS) is 17.5. The van der Waals surface area contributed by atoms with E-state index in [2.05, 4.69) is 5.32 Å². The van der Waals surface area contributed by atoms with Crippen molar-refractivity contribution in [1.29, 1.82) is 0 Å². The summed E-state index contributed by atoms with van der Waals surface area (Å²) >= 11 is 0. The van der Waals surface area contributed by atoms with Crippen molar-refractivity contribution < 1.29 is 22.7 Å². The molecule has 1 atom stereocenters. The first-order valence-corrected chi connectivity index (χ1v) is 10.3. The Labute approximate surface area is 160 Å². The van der Waals surface area contributed by atoms with E-state index in [0.29, 0.717) is 31.6 Å². The number of methoxy groups -OCH3 is 1. The molecule has 0 saturated carbocycles. The number of anilines is 1. The summed E-state index contributed by atoms with van der Waals surface area (Å²) < 4.78 is 30.4. The largest absolute Gasteiger partial charge is 0.469 e. The molecular weight excluding hydrogens is 370 g/mol. The van der Waals surface area contributed by atoms with E-state index >= 15 is 0 Å². The number of sulfonamides is 1. The van der Waals surface area contributed by atoms with Crippen molar-refractivity contribution >= 4 is 27.6 Å². The standard InChI is InChI=1S/C18H27N3O5S/c1-13(21-10-8-14(9-11-21)18(23)26-4)17(22)19-15-6-5-7-16(12-15)27(24,25)20(2)3/h5-7,12-14H,8-11H2,1-4H3,(H,19,22)/t13-/m1/s1. The lowest BCUT2D eigenvalue weighted by Gasteiger charge is -2.34. The number of likely N-dealkylation sites (tertiary alicyclic amines) is 1. The highest BCUT2D eigenvalue weighted by Gasteiger charge is 2.30. The Morgan fingerprint density at radius 3 is 2.44 bits per heavy atom. The van der Waals surface area contributed by atoms with Crippen LogP contribution in [0.15, 0.2) is 29.2 Å². The van der Waals surface area contributed by atoms with Gasteiger partial charge in [-0.1, -0.05) is 6.07 Å². The molecule has 1 aromatic carbocycles. The highest BCUT2D eigenvalue weighted by molar-refractivity contribution is 7.89. The minimum absolute atomic E-state index is 0.116. The van der Waals surface area contributed by atoms with Crippen LogP contribution in [0.1, 0.15) is 19.8 Å². The molecule has 0 bridgehead atoms. The molecule has 1 aromatic rings. The van der Waals surface area contributed by atoms with Gasteiger partial charge in [-0.05, 0) is 51.1 Å². The summed E-state index contributed by atoms with van der Waals surface area (Å²) in [7, 11) is 0.737. The van der Waals surface area contributed by atoms with Crippen molar-refractivity contribution in [2.75, 3.05) is 39.6 Å². The van der Waals surface area contributed by atoms with Gasteiger partial charge in [0.1, 0.15) is 0 Å². The second-order valence-corrected chi connectivity index (χ2v) is 8.97. The maximum absolute atomic E-state index is 12.6. The Bertz CT molecular complexity index is 786. The van der Waals surface area contributed by atoms with Gasteiger partial charge in [0.2, 0.25) is 15.9 Å². The van der Waals surface area contributed by atoms with E-state index < -0.39 is 16.1 Å². The summed E-state index contributed by atoms with van der Waals surface area (Å²) in [6.45, 7) is 3.06. The molecule has 1 heterocycles. The molecular formula is C18H27N3O5S. The third-order valence-corrected chi connectivity index (χ3v) is 6.68. The van der Waals surface area contributed by atoms with Crippen molar-refractivity contribution in [2.45, 2.75) is 30.7 Å². The lowest BCUT2D eigenvalue weighted by molar-refractivity contribution is -0.147. The molecule has 0 aromatic heterocycles. The number of hydrogen-bond acceptors (Lipinski definition) is 6. The zero-order chi connectivity index (χ0) is 20.2. The molecule has 0 radical (unpaired) electrons. The minimum Gasteiger partial charge on any atom is -0.469 e. The van der Waals surface area contributed by atoms with Crippen LogP contribution in [0.5, 0.6) is 0 Å². The highest BCUT2D eigenvalue weighted by atomic mass is 32.2. The molecule has 0 aliphatic carbocycles. The van der Waals surface area contributed by atoms with Crippen LogP contribution < -0.4 is 5.32 Å². The van der Waals surface area contributed by atoms with E-state index in [4.69, 9.17) is 4.74 Å². The van der Waals surface area contributed by atoms with Gasteiger partial charge < -0.3 is 10.1 Å². The third-order valence-electron chi connectivity index (χ3n) is 4.87. The number of nitrogens with one attached hydrogen (secondary N) is 1. The number of nitrogens with zero attached hydrogens (tertiary/aromatic N) is 2. The quantitative estimate of drug-likeness (QED) is 0.724. The molecule has 8 nitrogen and oxygen atoms in total. The Morgan fingerprint density at radius 2 is 1.89 bits per heavy atom. The first-order valence-electron chi connectivity index (χ1n) is 8.82. The maximum atomic E-state index is 12.6. The first-order chi connectivity index (χ1) is 12.7. The summed E-state index contributed by atoms with van der Waals surface area (Å²) in [6, 6.07) is 5.80. The predicted octanol–water partition coefficient (Wildman–Crippen LogP) is 1.15. The van der Waals surface area contributed by atoms with Crippen LogP contribution in [0.2, 0.25) is 0 Å². The van der Waals surface area contributed by atoms with Crippen LogP contribution >= 0.6 is 0 Å². The summed E-state index contributed by atoms with van der Waals surface area (Å²) in [5.41, 5.74) is 0.430. The van der Waals surface area contributed by atoms with Gasteiger partial charge in [-0.15, -0.1) is 0 Å². The minimum atomic E-state index is -3.56. The predicted molar refractivity (Wildman–Crippen MR) is 102 cm³/mol. The number of amides is 1. The summed E-state index contributed by atoms with van der Waals surface area (Å²) in [5, 5.41) is 2.78. The summed E-state index contributed by atoms with van der Waals surface area (Å²) in [6.07, 6.45) is 1.31. The Kier molecular flexibility index (Phi) is 6.96. The van der Waals surface area contributed by atoms with Crippen molar-refractivity contribution in [1.82, 2.24) is 9.21 Å². The number of ether oxygens (including phenoxy) is 1. The van der Waals surface area contributed by atoms with Gasteiger partial charge in [0.25, 0.3) is 0 Å². The van der Waals surface area contributed by atoms with Gasteiger partial charge >= 0.3 is 5.97 Å². The van der Waals surface area contributed by atoms with E-state index in [9.17, 15) is 18.0 Å². The lowest BCUT2D eigenvalue weighted by atomic mass is 9.96. The van der Waals surface area contributed by atoms with E-state index in [-0.39, 0.29) is 22.7 Å². The van der Waals surface area contributed by atoms with Crippen molar-refractivity contribution in [3.8, 4) is 0 Å². The van der Waals surface area contributed by atoms with Gasteiger partial charge in [-0.25, -0.2) is 12.7 Å². The van der Waals surface area contributed by atoms with E-state index in [1.54, 1.807) is 19.1 Å². The lowest BCUT2D eigenvalue weighted by Crippen LogP contribution is -2.47. The molecule has 27 heavy (non-hydrogen) atoms. The number of carbonyl (C=O) groups excluding carboxylic acids is 2. The smallest absolute Gasteiger partial charge is 0.308 e. The summed E-state index contributed by atoms with van der Waals surface area (Å²) in [4.78, 5) is 26.3. The Hall–Kier alpha value is -1.97. The van der Waals surface area contributed by atoms with Crippen LogP contribution in [0.4, 0.5) is 5.69 Å². The number of hydrogen-bond donors (Lipinski definition) is 1. The molecule has 1 N–H and O–H groups in total. The fraction of sp³-hybridized carbons (Fsp3) is 0.556. The summed E-state index contributed by atoms with van der Waals surface area (Å²) in [5.74, 6) is -0.536. The maximum Gasteiger partial charge on any atom is 0.308 e. The molecule has 9 heteroatoms. The van der Waals surface area contributed by atoms with Crippen LogP contribution in [-0.2, 0) is 24.3 Å². The molecule has 0 spiro atoms. The van der Waals surface area contributed by atoms with Crippen LogP contribution in [0, 0.1) is 5.92 Å². The fourth-order valence-corrected chi connectivity index (χ4v) is 3.99. The van der Waals surface area contributed by atoms with Crippen molar-refractivity contribution in [3.63, 3.8) is 0 Å². The average Bonchev–Trinajstić information content (AvgIpc) is 2.66. The van der Waals surface area contributed by atoms with Crippen LogP contribution in [0.25, 0.3) is 0 Å². The van der Waals surface area contributed by atoms with E-state index in [0.717, 1.165) is 4.31 Å². The van der Waals surface area contributed by atoms with Crippen LogP contribution in [-0.4, -0.2) is 69.8 Å². The van der Waals surface area contributed by atoms with Crippen molar-refractivity contribution in [2.24, 2.45) is 5.92 Å². The van der Waals surface area contributed by atoms with Gasteiger partial charge in [0, 0.05) is 19.8 Å². The Morgan fingerprint density at radius 1 is 1.26 bits per heavy atom. The van der Waals surface area contributed by atoms with Gasteiger partial charge in [-0.2, -0.15) is 0 Å². The number of piperidine rings is 1. The zero-order valence-electron chi connectivity index (χ0n) is 16.1. The fourth-order valence-electron chi connectivity index (χ4n) is 3.05. The number of benzene rings is 1. The molecule has 150 valence electrons. The SMILES string of the molecule is COC(=O)C1CCN([C@H](C)C(=O)Nc2cccc(S(=O)(=O)N(C)C)c2)CC1. The molecule has 1 aliphatic heterocycles. The molecule has 0 unspecified atom stereocenters. The Balaban J connectivity index is 2.00. The van der Waals surface area contributed by atoms with Gasteiger partial charge in [-0.3, -0.25) is 14.5 Å². The molecule has 1 aliphatic rings. The second-order valence-electron chi connectivity index (χ2n) is 6.81. The number of esters is 1. The zero-order valence-corrected chi connectivity index (χ0v) is 17.0. The number of carbonyl (C=O) groups is 2. The highest BCUT2D eigenvalue weighted by Crippen LogP contribution is 2.22. The third kappa shape index (κ3) is 5.06. The van der Waals surface area contributed by atoms with Crippen LogP contribution in [0.3, 0.4) is 0 Å². The molecule has 1 fully saturated rings. The molecule has 2 rings (SSSR count). The molecule has 1 saturated heterocycles. The monoisotopic (exact) mass is 397 g/mol. The number of rotatable bonds is 6. The van der Waals surface area contributed by atoms with E-state index in [1.165, 1.54) is 33.3 Å². The van der Waals surface area contributed by atoms with E-state index in [1.807, 2.05) is 4.90 Å². The topological polar surface area (TPSA) is 96.0 Å². The van der Waals surface area contributed by atoms with Gasteiger partial charge in [0.15, 0.2) is 0 Å². The van der Waals surface area contributed by atoms with Gasteiger partial charge in [0.05, 0.1) is 24.0 Å².